The van der Waals surface area contributed by atoms with Gasteiger partial charge in [-0.2, -0.15) is 0 Å². The fraction of sp³-hybridized carbons (Fsp3) is 0.882. The van der Waals surface area contributed by atoms with Crippen LogP contribution in [0, 0.1) is 0 Å². The zero-order valence-corrected chi connectivity index (χ0v) is 12.5. The third-order valence-electron chi connectivity index (χ3n) is 3.63. The van der Waals surface area contributed by atoms with E-state index in [1.165, 1.54) is 70.6 Å². The Kier molecular flexibility index (Phi) is 14.5. The zero-order valence-electron chi connectivity index (χ0n) is 12.5. The van der Waals surface area contributed by atoms with Crippen molar-refractivity contribution in [3.8, 4) is 0 Å². The van der Waals surface area contributed by atoms with Crippen molar-refractivity contribution in [2.24, 2.45) is 0 Å². The maximum absolute atomic E-state index is 9.30. The molecule has 0 saturated carbocycles. The van der Waals surface area contributed by atoms with Crippen LogP contribution in [0.2, 0.25) is 0 Å². The molecule has 0 aromatic heterocycles. The molecule has 0 aliphatic carbocycles. The Balaban J connectivity index is 2.96. The zero-order chi connectivity index (χ0) is 13.5. The number of aliphatic hydroxyl groups excluding tert-OH is 1. The van der Waals surface area contributed by atoms with E-state index >= 15 is 0 Å². The number of unbranched alkanes of at least 4 members (excludes halogenated alkanes) is 11. The quantitative estimate of drug-likeness (QED) is 0.315. The molecule has 1 N–H and O–H groups in total. The van der Waals surface area contributed by atoms with E-state index in [-0.39, 0.29) is 6.10 Å². The van der Waals surface area contributed by atoms with Gasteiger partial charge >= 0.3 is 0 Å². The van der Waals surface area contributed by atoms with E-state index in [9.17, 15) is 5.11 Å². The molecule has 108 valence electrons. The topological polar surface area (TPSA) is 20.2 Å². The minimum Gasteiger partial charge on any atom is -0.389 e. The molecule has 1 atom stereocenters. The lowest BCUT2D eigenvalue weighted by Gasteiger charge is -2.05. The molecule has 0 aliphatic rings. The Bertz CT molecular complexity index is 165. The first-order chi connectivity index (χ1) is 8.81. The second-order valence-electron chi connectivity index (χ2n) is 5.48. The lowest BCUT2D eigenvalue weighted by atomic mass is 10.0. The molecule has 0 aromatic rings. The highest BCUT2D eigenvalue weighted by atomic mass is 16.3. The van der Waals surface area contributed by atoms with Crippen LogP contribution in [0.4, 0.5) is 0 Å². The summed E-state index contributed by atoms with van der Waals surface area (Å²) in [5, 5.41) is 9.30. The van der Waals surface area contributed by atoms with Crippen molar-refractivity contribution >= 4 is 0 Å². The average Bonchev–Trinajstić information content (AvgIpc) is 2.39. The molecule has 1 unspecified atom stereocenters. The SMILES string of the molecule is C=CC(O)CCCCCCCCCCCCCC. The fourth-order valence-electron chi connectivity index (χ4n) is 2.31. The second kappa shape index (κ2) is 14.8. The maximum Gasteiger partial charge on any atom is 0.0718 e. The summed E-state index contributed by atoms with van der Waals surface area (Å²) < 4.78 is 0. The van der Waals surface area contributed by atoms with E-state index in [1.54, 1.807) is 6.08 Å². The molecule has 18 heavy (non-hydrogen) atoms. The molecule has 1 nitrogen and oxygen atoms in total. The number of hydrogen-bond acceptors (Lipinski definition) is 1. The van der Waals surface area contributed by atoms with Crippen molar-refractivity contribution < 1.29 is 5.11 Å². The first-order valence-electron chi connectivity index (χ1n) is 8.12. The monoisotopic (exact) mass is 254 g/mol. The standard InChI is InChI=1S/C17H34O/c1-3-5-6-7-8-9-10-11-12-13-14-15-16-17(18)4-2/h4,17-18H,2-3,5-16H2,1H3. The summed E-state index contributed by atoms with van der Waals surface area (Å²) in [6, 6.07) is 0. The van der Waals surface area contributed by atoms with Crippen LogP contribution in [-0.2, 0) is 0 Å². The lowest BCUT2D eigenvalue weighted by Crippen LogP contribution is -2.00. The number of rotatable bonds is 14. The van der Waals surface area contributed by atoms with Crippen LogP contribution < -0.4 is 0 Å². The van der Waals surface area contributed by atoms with Crippen LogP contribution in [0.3, 0.4) is 0 Å². The fourth-order valence-corrected chi connectivity index (χ4v) is 2.31. The third-order valence-corrected chi connectivity index (χ3v) is 3.63. The van der Waals surface area contributed by atoms with E-state index in [0.29, 0.717) is 0 Å². The van der Waals surface area contributed by atoms with Crippen LogP contribution in [0.25, 0.3) is 0 Å². The van der Waals surface area contributed by atoms with Crippen LogP contribution in [-0.4, -0.2) is 11.2 Å². The molecule has 1 heteroatoms. The smallest absolute Gasteiger partial charge is 0.0718 e. The van der Waals surface area contributed by atoms with Gasteiger partial charge in [0.25, 0.3) is 0 Å². The first kappa shape index (κ1) is 17.7. The summed E-state index contributed by atoms with van der Waals surface area (Å²) in [5.74, 6) is 0. The van der Waals surface area contributed by atoms with Gasteiger partial charge in [0.1, 0.15) is 0 Å². The first-order valence-corrected chi connectivity index (χ1v) is 8.12. The van der Waals surface area contributed by atoms with Crippen LogP contribution in [0.1, 0.15) is 90.4 Å². The van der Waals surface area contributed by atoms with Gasteiger partial charge in [0.2, 0.25) is 0 Å². The Labute approximate surface area is 115 Å². The highest BCUT2D eigenvalue weighted by Gasteiger charge is 1.97. The van der Waals surface area contributed by atoms with Gasteiger partial charge in [0.05, 0.1) is 6.10 Å². The highest BCUT2D eigenvalue weighted by Crippen LogP contribution is 2.12. The van der Waals surface area contributed by atoms with Crippen molar-refractivity contribution in [2.45, 2.75) is 96.5 Å². The molecule has 0 bridgehead atoms. The summed E-state index contributed by atoms with van der Waals surface area (Å²) in [5.41, 5.74) is 0. The summed E-state index contributed by atoms with van der Waals surface area (Å²) in [4.78, 5) is 0. The minimum atomic E-state index is -0.284. The molecule has 0 amide bonds. The van der Waals surface area contributed by atoms with Gasteiger partial charge in [-0.25, -0.2) is 0 Å². The minimum absolute atomic E-state index is 0.284. The van der Waals surface area contributed by atoms with E-state index in [4.69, 9.17) is 0 Å². The van der Waals surface area contributed by atoms with E-state index in [2.05, 4.69) is 13.5 Å². The third kappa shape index (κ3) is 13.8. The van der Waals surface area contributed by atoms with Crippen molar-refractivity contribution in [1.29, 1.82) is 0 Å². The van der Waals surface area contributed by atoms with Crippen molar-refractivity contribution in [1.82, 2.24) is 0 Å². The van der Waals surface area contributed by atoms with Crippen molar-refractivity contribution in [2.75, 3.05) is 0 Å². The van der Waals surface area contributed by atoms with Crippen molar-refractivity contribution in [3.63, 3.8) is 0 Å². The molecule has 0 rings (SSSR count). The van der Waals surface area contributed by atoms with E-state index in [1.807, 2.05) is 0 Å². The van der Waals surface area contributed by atoms with Gasteiger partial charge in [-0.1, -0.05) is 90.0 Å². The lowest BCUT2D eigenvalue weighted by molar-refractivity contribution is 0.208. The van der Waals surface area contributed by atoms with E-state index < -0.39 is 0 Å². The highest BCUT2D eigenvalue weighted by molar-refractivity contribution is 4.77. The van der Waals surface area contributed by atoms with Crippen molar-refractivity contribution in [3.05, 3.63) is 12.7 Å². The molecule has 0 radical (unpaired) electrons. The maximum atomic E-state index is 9.30. The molecule has 0 spiro atoms. The Hall–Kier alpha value is -0.300. The molecule has 0 aromatic carbocycles. The predicted octanol–water partition coefficient (Wildman–Crippen LogP) is 5.62. The van der Waals surface area contributed by atoms with Gasteiger partial charge in [0.15, 0.2) is 0 Å². The summed E-state index contributed by atoms with van der Waals surface area (Å²) in [7, 11) is 0. The molecule has 0 heterocycles. The average molecular weight is 254 g/mol. The normalized spacial score (nSPS) is 12.6. The van der Waals surface area contributed by atoms with Gasteiger partial charge in [-0.3, -0.25) is 0 Å². The van der Waals surface area contributed by atoms with Gasteiger partial charge in [0, 0.05) is 0 Å². The summed E-state index contributed by atoms with van der Waals surface area (Å²) >= 11 is 0. The van der Waals surface area contributed by atoms with Gasteiger partial charge < -0.3 is 5.11 Å². The molecular formula is C17H34O. The summed E-state index contributed by atoms with van der Waals surface area (Å²) in [6.45, 7) is 5.86. The van der Waals surface area contributed by atoms with Gasteiger partial charge in [-0.15, -0.1) is 6.58 Å². The van der Waals surface area contributed by atoms with Crippen LogP contribution in [0.15, 0.2) is 12.7 Å². The predicted molar refractivity (Wildman–Crippen MR) is 81.9 cm³/mol. The largest absolute Gasteiger partial charge is 0.389 e. The molecule has 0 aliphatic heterocycles. The molecule has 0 fully saturated rings. The number of hydrogen-bond donors (Lipinski definition) is 1. The summed E-state index contributed by atoms with van der Waals surface area (Å²) in [6.07, 6.45) is 18.7. The number of aliphatic hydroxyl groups is 1. The van der Waals surface area contributed by atoms with E-state index in [0.717, 1.165) is 12.8 Å². The Morgan fingerprint density at radius 2 is 1.17 bits per heavy atom. The molecular weight excluding hydrogens is 220 g/mol. The second-order valence-corrected chi connectivity index (χ2v) is 5.48. The van der Waals surface area contributed by atoms with Crippen LogP contribution in [0.5, 0.6) is 0 Å². The van der Waals surface area contributed by atoms with Gasteiger partial charge in [-0.05, 0) is 6.42 Å². The molecule has 0 saturated heterocycles. The Morgan fingerprint density at radius 3 is 1.56 bits per heavy atom. The Morgan fingerprint density at radius 1 is 0.778 bits per heavy atom. The van der Waals surface area contributed by atoms with Crippen LogP contribution >= 0.6 is 0 Å².